The highest BCUT2D eigenvalue weighted by Crippen LogP contribution is 2.30. The van der Waals surface area contributed by atoms with Gasteiger partial charge in [-0.25, -0.2) is 4.90 Å². The van der Waals surface area contributed by atoms with Crippen LogP contribution in [0.2, 0.25) is 0 Å². The first-order valence-electron chi connectivity index (χ1n) is 9.95. The van der Waals surface area contributed by atoms with E-state index in [0.717, 1.165) is 29.3 Å². The van der Waals surface area contributed by atoms with Gasteiger partial charge in [-0.15, -0.1) is 0 Å². The highest BCUT2D eigenvalue weighted by atomic mass is 16.2. The van der Waals surface area contributed by atoms with Crippen LogP contribution in [0.25, 0.3) is 21.7 Å². The van der Waals surface area contributed by atoms with Gasteiger partial charge in [0.1, 0.15) is 0 Å². The first-order valence-corrected chi connectivity index (χ1v) is 9.95. The molecule has 1 aromatic heterocycles. The van der Waals surface area contributed by atoms with Gasteiger partial charge < -0.3 is 10.3 Å². The number of anilines is 1. The average molecular weight is 384 g/mol. The third kappa shape index (κ3) is 3.09. The van der Waals surface area contributed by atoms with E-state index in [9.17, 15) is 9.59 Å². The number of rotatable bonds is 5. The van der Waals surface area contributed by atoms with Crippen LogP contribution >= 0.6 is 0 Å². The van der Waals surface area contributed by atoms with Crippen LogP contribution in [0.15, 0.2) is 72.9 Å². The summed E-state index contributed by atoms with van der Waals surface area (Å²) in [5, 5.41) is 5.17. The molecule has 1 aliphatic rings. The summed E-state index contributed by atoms with van der Waals surface area (Å²) in [4.78, 5) is 30.4. The molecule has 5 rings (SSSR count). The molecule has 0 spiro atoms. The van der Waals surface area contributed by atoms with Gasteiger partial charge >= 0.3 is 0 Å². The molecule has 144 valence electrons. The summed E-state index contributed by atoms with van der Waals surface area (Å²) in [6, 6.07) is 21.4. The number of amides is 2. The van der Waals surface area contributed by atoms with Gasteiger partial charge in [0.15, 0.2) is 6.04 Å². The van der Waals surface area contributed by atoms with E-state index in [1.165, 1.54) is 15.8 Å². The van der Waals surface area contributed by atoms with Crippen LogP contribution in [0, 0.1) is 0 Å². The second-order valence-electron chi connectivity index (χ2n) is 7.51. The largest absolute Gasteiger partial charge is 0.361 e. The lowest BCUT2D eigenvalue weighted by Crippen LogP contribution is -2.92. The van der Waals surface area contributed by atoms with Gasteiger partial charge in [-0.3, -0.25) is 9.59 Å². The minimum absolute atomic E-state index is 0.120. The van der Waals surface area contributed by atoms with Gasteiger partial charge in [-0.1, -0.05) is 54.6 Å². The Labute approximate surface area is 168 Å². The van der Waals surface area contributed by atoms with E-state index in [2.05, 4.69) is 17.1 Å². The molecule has 0 bridgehead atoms. The second kappa shape index (κ2) is 7.18. The quantitative estimate of drug-likeness (QED) is 0.520. The number of hydrogen-bond acceptors (Lipinski definition) is 2. The van der Waals surface area contributed by atoms with Gasteiger partial charge in [0.2, 0.25) is 5.91 Å². The van der Waals surface area contributed by atoms with E-state index in [1.807, 2.05) is 66.1 Å². The molecular formula is C24H22N3O2+. The third-order valence-electron chi connectivity index (χ3n) is 5.73. The van der Waals surface area contributed by atoms with Crippen LogP contribution in [0.4, 0.5) is 5.69 Å². The predicted octanol–water partition coefficient (Wildman–Crippen LogP) is 2.76. The van der Waals surface area contributed by atoms with Crippen molar-refractivity contribution in [3.63, 3.8) is 0 Å². The standard InChI is InChI=1S/C24H21N3O2/c28-23-14-21(25-13-12-17-15-26-20-10-4-3-8-18(17)20)24(29)27(23)22-11-5-7-16-6-1-2-9-19(16)22/h1-11,15,21,25-26H,12-14H2/p+1/t21-/m0/s1. The van der Waals surface area contributed by atoms with Gasteiger partial charge in [0.05, 0.1) is 18.7 Å². The molecule has 3 N–H and O–H groups in total. The maximum atomic E-state index is 13.0. The van der Waals surface area contributed by atoms with Crippen LogP contribution in [-0.4, -0.2) is 29.4 Å². The SMILES string of the molecule is O=C1C[C@H]([NH2+]CCc2c[nH]c3ccccc23)C(=O)N1c1cccc2ccccc12. The zero-order valence-electron chi connectivity index (χ0n) is 16.0. The van der Waals surface area contributed by atoms with Crippen molar-refractivity contribution in [3.05, 3.63) is 78.5 Å². The molecule has 29 heavy (non-hydrogen) atoms. The first kappa shape index (κ1) is 17.6. The Bertz CT molecular complexity index is 1220. The fourth-order valence-electron chi connectivity index (χ4n) is 4.27. The molecule has 1 aliphatic heterocycles. The number of nitrogens with two attached hydrogens (primary N) is 1. The van der Waals surface area contributed by atoms with Gasteiger partial charge in [0, 0.05) is 28.9 Å². The number of carbonyl (C=O) groups is 2. The topological polar surface area (TPSA) is 69.8 Å². The van der Waals surface area contributed by atoms with Crippen molar-refractivity contribution >= 4 is 39.2 Å². The number of H-pyrrole nitrogens is 1. The van der Waals surface area contributed by atoms with Gasteiger partial charge in [-0.2, -0.15) is 0 Å². The zero-order chi connectivity index (χ0) is 19.8. The summed E-state index contributed by atoms with van der Waals surface area (Å²) in [5.74, 6) is -0.245. The Morgan fingerprint density at radius 3 is 2.59 bits per heavy atom. The predicted molar refractivity (Wildman–Crippen MR) is 114 cm³/mol. The molecule has 1 saturated heterocycles. The summed E-state index contributed by atoms with van der Waals surface area (Å²) in [5.41, 5.74) is 3.04. The molecule has 0 radical (unpaired) electrons. The molecule has 5 heteroatoms. The van der Waals surface area contributed by atoms with Crippen LogP contribution in [0.1, 0.15) is 12.0 Å². The summed E-state index contributed by atoms with van der Waals surface area (Å²) in [6.45, 7) is 0.759. The van der Waals surface area contributed by atoms with Crippen molar-refractivity contribution in [2.75, 3.05) is 11.4 Å². The first-order chi connectivity index (χ1) is 14.2. The Balaban J connectivity index is 1.32. The van der Waals surface area contributed by atoms with Crippen LogP contribution in [0.5, 0.6) is 0 Å². The lowest BCUT2D eigenvalue weighted by Gasteiger charge is -2.16. The second-order valence-corrected chi connectivity index (χ2v) is 7.51. The zero-order valence-corrected chi connectivity index (χ0v) is 16.0. The number of imide groups is 1. The Kier molecular flexibility index (Phi) is 4.37. The summed E-state index contributed by atoms with van der Waals surface area (Å²) in [6.07, 6.45) is 3.12. The maximum absolute atomic E-state index is 13.0. The molecule has 1 atom stereocenters. The van der Waals surface area contributed by atoms with Gasteiger partial charge in [0.25, 0.3) is 5.91 Å². The summed E-state index contributed by atoms with van der Waals surface area (Å²) >= 11 is 0. The number of para-hydroxylation sites is 1. The van der Waals surface area contributed by atoms with E-state index in [4.69, 9.17) is 0 Å². The number of fused-ring (bicyclic) bond motifs is 2. The Morgan fingerprint density at radius 2 is 1.69 bits per heavy atom. The van der Waals surface area contributed by atoms with E-state index in [0.29, 0.717) is 5.69 Å². The monoisotopic (exact) mass is 384 g/mol. The lowest BCUT2D eigenvalue weighted by molar-refractivity contribution is -0.674. The number of benzene rings is 3. The number of aromatic amines is 1. The number of quaternary nitrogens is 1. The van der Waals surface area contributed by atoms with Gasteiger partial charge in [-0.05, 0) is 23.1 Å². The van der Waals surface area contributed by atoms with Crippen molar-refractivity contribution < 1.29 is 14.9 Å². The smallest absolute Gasteiger partial charge is 0.292 e. The number of aromatic nitrogens is 1. The highest BCUT2D eigenvalue weighted by molar-refractivity contribution is 6.24. The molecule has 2 heterocycles. The molecule has 0 aliphatic carbocycles. The molecule has 2 amide bonds. The fourth-order valence-corrected chi connectivity index (χ4v) is 4.27. The molecule has 3 aromatic carbocycles. The lowest BCUT2D eigenvalue weighted by atomic mass is 10.1. The minimum atomic E-state index is -0.355. The van der Waals surface area contributed by atoms with Crippen molar-refractivity contribution in [2.24, 2.45) is 0 Å². The number of nitrogens with one attached hydrogen (secondary N) is 1. The molecule has 4 aromatic rings. The molecule has 1 fully saturated rings. The minimum Gasteiger partial charge on any atom is -0.361 e. The molecule has 0 saturated carbocycles. The van der Waals surface area contributed by atoms with Crippen molar-refractivity contribution in [2.45, 2.75) is 18.9 Å². The Morgan fingerprint density at radius 1 is 0.931 bits per heavy atom. The number of hydrogen-bond donors (Lipinski definition) is 2. The van der Waals surface area contributed by atoms with Crippen LogP contribution < -0.4 is 10.2 Å². The maximum Gasteiger partial charge on any atom is 0.292 e. The number of carbonyl (C=O) groups excluding carboxylic acids is 2. The van der Waals surface area contributed by atoms with Crippen LogP contribution in [-0.2, 0) is 16.0 Å². The Hall–Kier alpha value is -3.44. The molecular weight excluding hydrogens is 362 g/mol. The number of nitrogens with zero attached hydrogens (tertiary/aromatic N) is 1. The van der Waals surface area contributed by atoms with E-state index < -0.39 is 0 Å². The van der Waals surface area contributed by atoms with Crippen molar-refractivity contribution in [1.29, 1.82) is 0 Å². The highest BCUT2D eigenvalue weighted by Gasteiger charge is 2.42. The average Bonchev–Trinajstić information content (AvgIpc) is 3.28. The molecule has 5 nitrogen and oxygen atoms in total. The fraction of sp³-hybridized carbons (Fsp3) is 0.167. The van der Waals surface area contributed by atoms with Crippen molar-refractivity contribution in [3.8, 4) is 0 Å². The van der Waals surface area contributed by atoms with E-state index in [-0.39, 0.29) is 24.3 Å². The van der Waals surface area contributed by atoms with E-state index in [1.54, 1.807) is 0 Å². The van der Waals surface area contributed by atoms with Crippen LogP contribution in [0.3, 0.4) is 0 Å². The molecule has 0 unspecified atom stereocenters. The summed E-state index contributed by atoms with van der Waals surface area (Å²) < 4.78 is 0. The third-order valence-corrected chi connectivity index (χ3v) is 5.73. The normalized spacial score (nSPS) is 17.0. The van der Waals surface area contributed by atoms with Crippen molar-refractivity contribution in [1.82, 2.24) is 4.98 Å². The summed E-state index contributed by atoms with van der Waals surface area (Å²) in [7, 11) is 0. The van der Waals surface area contributed by atoms with E-state index >= 15 is 0 Å².